The van der Waals surface area contributed by atoms with Gasteiger partial charge in [-0.05, 0) is 19.4 Å². The summed E-state index contributed by atoms with van der Waals surface area (Å²) in [6, 6.07) is 0. The van der Waals surface area contributed by atoms with Gasteiger partial charge < -0.3 is 5.11 Å². The van der Waals surface area contributed by atoms with Crippen LogP contribution in [0, 0.1) is 5.92 Å². The first kappa shape index (κ1) is 14.2. The quantitative estimate of drug-likeness (QED) is 0.755. The van der Waals surface area contributed by atoms with E-state index in [0.717, 1.165) is 0 Å². The number of carbonyl (C=O) groups is 1. The number of hydrogen-bond acceptors (Lipinski definition) is 2. The maximum absolute atomic E-state index is 12.5. The molecule has 0 bridgehead atoms. The topological polar surface area (TPSA) is 49.3 Å². The first-order valence-corrected chi connectivity index (χ1v) is 4.70. The van der Waals surface area contributed by atoms with Gasteiger partial charge in [0.1, 0.15) is 0 Å². The Morgan fingerprint density at radius 2 is 1.93 bits per heavy atom. The number of halogens is 3. The van der Waals surface area contributed by atoms with Gasteiger partial charge in [-0.15, -0.1) is 0 Å². The van der Waals surface area contributed by atoms with Crippen molar-refractivity contribution in [2.75, 3.05) is 6.54 Å². The molecule has 2 atom stereocenters. The molecule has 0 aromatic rings. The SMILES string of the molecule is CCC(C)CNC(C)(C(=O)O)C(F)(F)F. The summed E-state index contributed by atoms with van der Waals surface area (Å²) in [4.78, 5) is 10.6. The van der Waals surface area contributed by atoms with Gasteiger partial charge in [0, 0.05) is 0 Å². The fraction of sp³-hybridized carbons (Fsp3) is 0.889. The van der Waals surface area contributed by atoms with E-state index in [2.05, 4.69) is 5.32 Å². The Morgan fingerprint density at radius 1 is 1.47 bits per heavy atom. The molecule has 6 heteroatoms. The fourth-order valence-corrected chi connectivity index (χ4v) is 0.820. The van der Waals surface area contributed by atoms with E-state index in [9.17, 15) is 18.0 Å². The molecule has 0 fully saturated rings. The summed E-state index contributed by atoms with van der Waals surface area (Å²) in [5, 5.41) is 10.6. The van der Waals surface area contributed by atoms with Crippen LogP contribution in [-0.2, 0) is 4.79 Å². The van der Waals surface area contributed by atoms with E-state index < -0.39 is 17.7 Å². The molecular formula is C9H16F3NO2. The molecule has 0 aromatic heterocycles. The van der Waals surface area contributed by atoms with E-state index in [4.69, 9.17) is 5.11 Å². The van der Waals surface area contributed by atoms with Crippen molar-refractivity contribution in [2.24, 2.45) is 5.92 Å². The van der Waals surface area contributed by atoms with Crippen molar-refractivity contribution in [3.63, 3.8) is 0 Å². The molecule has 0 saturated heterocycles. The van der Waals surface area contributed by atoms with Crippen LogP contribution < -0.4 is 5.32 Å². The summed E-state index contributed by atoms with van der Waals surface area (Å²) in [6.07, 6.45) is -4.10. The summed E-state index contributed by atoms with van der Waals surface area (Å²) in [6.45, 7) is 4.25. The molecule has 2 N–H and O–H groups in total. The Kier molecular flexibility index (Phi) is 4.58. The van der Waals surface area contributed by atoms with Crippen LogP contribution in [0.5, 0.6) is 0 Å². The van der Waals surface area contributed by atoms with Crippen molar-refractivity contribution in [1.29, 1.82) is 0 Å². The first-order chi connectivity index (χ1) is 6.65. The van der Waals surface area contributed by atoms with Crippen molar-refractivity contribution in [3.8, 4) is 0 Å². The maximum Gasteiger partial charge on any atom is 0.417 e. The van der Waals surface area contributed by atoms with E-state index in [1.807, 2.05) is 6.92 Å². The molecule has 0 rings (SSSR count). The van der Waals surface area contributed by atoms with Crippen LogP contribution in [0.1, 0.15) is 27.2 Å². The van der Waals surface area contributed by atoms with Crippen molar-refractivity contribution in [3.05, 3.63) is 0 Å². The van der Waals surface area contributed by atoms with Crippen molar-refractivity contribution in [1.82, 2.24) is 5.32 Å². The zero-order valence-electron chi connectivity index (χ0n) is 8.98. The van der Waals surface area contributed by atoms with Crippen molar-refractivity contribution in [2.45, 2.75) is 38.9 Å². The predicted molar refractivity (Wildman–Crippen MR) is 49.6 cm³/mol. The van der Waals surface area contributed by atoms with Crippen LogP contribution in [0.3, 0.4) is 0 Å². The van der Waals surface area contributed by atoms with Crippen LogP contribution >= 0.6 is 0 Å². The van der Waals surface area contributed by atoms with Crippen LogP contribution in [0.4, 0.5) is 13.2 Å². The van der Waals surface area contributed by atoms with E-state index in [1.165, 1.54) is 0 Å². The van der Waals surface area contributed by atoms with Gasteiger partial charge >= 0.3 is 12.1 Å². The van der Waals surface area contributed by atoms with Gasteiger partial charge in [0.15, 0.2) is 0 Å². The summed E-state index contributed by atoms with van der Waals surface area (Å²) in [5.74, 6) is -1.90. The summed E-state index contributed by atoms with van der Waals surface area (Å²) >= 11 is 0. The molecule has 0 aliphatic rings. The van der Waals surface area contributed by atoms with E-state index in [0.29, 0.717) is 13.3 Å². The number of rotatable bonds is 5. The molecule has 90 valence electrons. The third-order valence-electron chi connectivity index (χ3n) is 2.50. The summed E-state index contributed by atoms with van der Waals surface area (Å²) < 4.78 is 37.4. The highest BCUT2D eigenvalue weighted by Crippen LogP contribution is 2.30. The average Bonchev–Trinajstić information content (AvgIpc) is 2.11. The van der Waals surface area contributed by atoms with E-state index >= 15 is 0 Å². The lowest BCUT2D eigenvalue weighted by Crippen LogP contribution is -2.60. The average molecular weight is 227 g/mol. The molecule has 0 aliphatic heterocycles. The first-order valence-electron chi connectivity index (χ1n) is 4.70. The molecule has 3 nitrogen and oxygen atoms in total. The third-order valence-corrected chi connectivity index (χ3v) is 2.50. The third kappa shape index (κ3) is 3.37. The van der Waals surface area contributed by atoms with Gasteiger partial charge in [-0.25, -0.2) is 4.79 Å². The smallest absolute Gasteiger partial charge is 0.417 e. The molecule has 0 radical (unpaired) electrons. The molecule has 0 spiro atoms. The molecule has 0 aliphatic carbocycles. The number of carboxylic acid groups (broad SMARTS) is 1. The number of hydrogen-bond donors (Lipinski definition) is 2. The minimum absolute atomic E-state index is 0.00558. The monoisotopic (exact) mass is 227 g/mol. The molecule has 0 aromatic carbocycles. The zero-order chi connectivity index (χ0) is 12.3. The Balaban J connectivity index is 4.62. The molecule has 2 unspecified atom stereocenters. The van der Waals surface area contributed by atoms with Crippen molar-refractivity contribution < 1.29 is 23.1 Å². The molecule has 0 heterocycles. The second-order valence-corrected chi connectivity index (χ2v) is 3.82. The van der Waals surface area contributed by atoms with Crippen LogP contribution in [0.2, 0.25) is 0 Å². The molecule has 15 heavy (non-hydrogen) atoms. The van der Waals surface area contributed by atoms with Crippen LogP contribution in [-0.4, -0.2) is 29.3 Å². The Bertz CT molecular complexity index is 230. The van der Waals surface area contributed by atoms with Gasteiger partial charge in [0.05, 0.1) is 0 Å². The normalized spacial score (nSPS) is 18.3. The van der Waals surface area contributed by atoms with Crippen molar-refractivity contribution >= 4 is 5.97 Å². The molecular weight excluding hydrogens is 211 g/mol. The maximum atomic E-state index is 12.5. The second-order valence-electron chi connectivity index (χ2n) is 3.82. The van der Waals surface area contributed by atoms with E-state index in [1.54, 1.807) is 6.92 Å². The van der Waals surface area contributed by atoms with Gasteiger partial charge in [0.2, 0.25) is 5.54 Å². The fourth-order valence-electron chi connectivity index (χ4n) is 0.820. The highest BCUT2D eigenvalue weighted by molar-refractivity contribution is 5.79. The lowest BCUT2D eigenvalue weighted by molar-refractivity contribution is -0.206. The standard InChI is InChI=1S/C9H16F3NO2/c1-4-6(2)5-13-8(3,7(14)15)9(10,11)12/h6,13H,4-5H2,1-3H3,(H,14,15). The minimum Gasteiger partial charge on any atom is -0.480 e. The Labute approximate surface area is 86.7 Å². The van der Waals surface area contributed by atoms with Gasteiger partial charge in [0.25, 0.3) is 0 Å². The Hall–Kier alpha value is -0.780. The van der Waals surface area contributed by atoms with Gasteiger partial charge in [-0.3, -0.25) is 5.32 Å². The predicted octanol–water partition coefficient (Wildman–Crippen LogP) is 2.03. The van der Waals surface area contributed by atoms with Gasteiger partial charge in [-0.1, -0.05) is 20.3 Å². The number of aliphatic carboxylic acids is 1. The number of nitrogens with one attached hydrogen (secondary N) is 1. The molecule has 0 saturated carbocycles. The number of carboxylic acids is 1. The zero-order valence-corrected chi connectivity index (χ0v) is 8.98. The Morgan fingerprint density at radius 3 is 2.20 bits per heavy atom. The minimum atomic E-state index is -4.80. The van der Waals surface area contributed by atoms with Crippen LogP contribution in [0.15, 0.2) is 0 Å². The summed E-state index contributed by atoms with van der Waals surface area (Å²) in [5.41, 5.74) is -2.86. The van der Waals surface area contributed by atoms with Crippen LogP contribution in [0.25, 0.3) is 0 Å². The lowest BCUT2D eigenvalue weighted by Gasteiger charge is -2.29. The van der Waals surface area contributed by atoms with Gasteiger partial charge in [-0.2, -0.15) is 13.2 Å². The largest absolute Gasteiger partial charge is 0.480 e. The highest BCUT2D eigenvalue weighted by atomic mass is 19.4. The van der Waals surface area contributed by atoms with E-state index in [-0.39, 0.29) is 12.5 Å². The number of alkyl halides is 3. The molecule has 0 amide bonds. The second kappa shape index (κ2) is 4.83. The lowest BCUT2D eigenvalue weighted by atomic mass is 10.00. The highest BCUT2D eigenvalue weighted by Gasteiger charge is 2.57. The summed E-state index contributed by atoms with van der Waals surface area (Å²) in [7, 11) is 0.